The molecule has 0 N–H and O–H groups in total. The Labute approximate surface area is 275 Å². The number of para-hydroxylation sites is 1. The molecular formula is C31H28F6N4O5S2. The molecule has 0 amide bonds. The van der Waals surface area contributed by atoms with E-state index < -0.39 is 52.0 Å². The quantitative estimate of drug-likeness (QED) is 0.140. The highest BCUT2D eigenvalue weighted by molar-refractivity contribution is 7.98. The first-order valence-electron chi connectivity index (χ1n) is 14.3. The molecule has 256 valence electrons. The molecule has 5 rings (SSSR count). The van der Waals surface area contributed by atoms with Gasteiger partial charge in [0.15, 0.2) is 13.2 Å². The first kappa shape index (κ1) is 35.1. The van der Waals surface area contributed by atoms with Crippen LogP contribution in [-0.4, -0.2) is 74.2 Å². The van der Waals surface area contributed by atoms with E-state index in [1.807, 2.05) is 30.3 Å². The lowest BCUT2D eigenvalue weighted by molar-refractivity contribution is -0.154. The van der Waals surface area contributed by atoms with Gasteiger partial charge in [0.25, 0.3) is 5.56 Å². The number of thioether (sulfide) groups is 1. The number of sulfonamides is 1. The number of hydrogen-bond donors (Lipinski definition) is 0. The number of ether oxygens (including phenoxy) is 2. The molecule has 4 aromatic rings. The Kier molecular flexibility index (Phi) is 10.6. The third-order valence-electron chi connectivity index (χ3n) is 7.05. The van der Waals surface area contributed by atoms with Crippen LogP contribution in [-0.2, 0) is 15.8 Å². The maximum Gasteiger partial charge on any atom is 0.422 e. The van der Waals surface area contributed by atoms with Gasteiger partial charge in [0.05, 0.1) is 17.6 Å². The van der Waals surface area contributed by atoms with Gasteiger partial charge in [0, 0.05) is 38.0 Å². The lowest BCUT2D eigenvalue weighted by Gasteiger charge is -2.36. The van der Waals surface area contributed by atoms with Gasteiger partial charge in [-0.3, -0.25) is 4.79 Å². The predicted molar refractivity (Wildman–Crippen MR) is 166 cm³/mol. The van der Waals surface area contributed by atoms with E-state index >= 15 is 0 Å². The molecule has 1 aliphatic heterocycles. The summed E-state index contributed by atoms with van der Waals surface area (Å²) in [4.78, 5) is 15.1. The van der Waals surface area contributed by atoms with Gasteiger partial charge in [-0.1, -0.05) is 48.5 Å². The SMILES string of the molecule is O=c1c(SCc2ccccc2)c(N2CCN(S(=O)(=O)c3cc(OCC(F)(F)F)ccc3OCC(F)(F)F)CC2)cnn1-c1ccccc1. The Hall–Kier alpha value is -4.22. The Morgan fingerprint density at radius 3 is 2.02 bits per heavy atom. The van der Waals surface area contributed by atoms with E-state index in [4.69, 9.17) is 4.74 Å². The Bertz CT molecular complexity index is 1870. The fourth-order valence-corrected chi connectivity index (χ4v) is 7.42. The molecule has 0 saturated carbocycles. The molecule has 1 aliphatic rings. The van der Waals surface area contributed by atoms with Gasteiger partial charge in [-0.25, -0.2) is 8.42 Å². The molecule has 0 spiro atoms. The van der Waals surface area contributed by atoms with Crippen LogP contribution in [0.2, 0.25) is 0 Å². The Balaban J connectivity index is 1.40. The summed E-state index contributed by atoms with van der Waals surface area (Å²) in [6.07, 6.45) is -8.02. The number of rotatable bonds is 11. The van der Waals surface area contributed by atoms with Gasteiger partial charge in [-0.15, -0.1) is 11.8 Å². The molecular weight excluding hydrogens is 686 g/mol. The normalized spacial score (nSPS) is 14.6. The fraction of sp³-hybridized carbons (Fsp3) is 0.290. The maximum atomic E-state index is 13.7. The molecule has 0 atom stereocenters. The summed E-state index contributed by atoms with van der Waals surface area (Å²) < 4.78 is 116. The van der Waals surface area contributed by atoms with Crippen LogP contribution in [0, 0.1) is 0 Å². The van der Waals surface area contributed by atoms with Crippen molar-refractivity contribution in [1.82, 2.24) is 14.1 Å². The third kappa shape index (κ3) is 8.82. The zero-order chi connectivity index (χ0) is 34.5. The predicted octanol–water partition coefficient (Wildman–Crippen LogP) is 5.92. The van der Waals surface area contributed by atoms with Crippen LogP contribution in [0.15, 0.2) is 99.6 Å². The van der Waals surface area contributed by atoms with Crippen LogP contribution >= 0.6 is 11.8 Å². The zero-order valence-corrected chi connectivity index (χ0v) is 26.6. The Morgan fingerprint density at radius 1 is 0.792 bits per heavy atom. The van der Waals surface area contributed by atoms with Crippen molar-refractivity contribution in [1.29, 1.82) is 0 Å². The summed E-state index contributed by atoms with van der Waals surface area (Å²) in [5, 5.41) is 4.37. The van der Waals surface area contributed by atoms with E-state index in [1.165, 1.54) is 22.6 Å². The van der Waals surface area contributed by atoms with Crippen molar-refractivity contribution >= 4 is 27.5 Å². The van der Waals surface area contributed by atoms with E-state index in [0.29, 0.717) is 28.1 Å². The summed E-state index contributed by atoms with van der Waals surface area (Å²) in [5.74, 6) is -0.750. The van der Waals surface area contributed by atoms with Crippen molar-refractivity contribution in [3.63, 3.8) is 0 Å². The van der Waals surface area contributed by atoms with Crippen LogP contribution in [0.4, 0.5) is 32.0 Å². The van der Waals surface area contributed by atoms with E-state index in [2.05, 4.69) is 9.84 Å². The number of benzene rings is 3. The number of nitrogens with zero attached hydrogens (tertiary/aromatic N) is 4. The minimum atomic E-state index is -4.81. The lowest BCUT2D eigenvalue weighted by atomic mass is 10.2. The van der Waals surface area contributed by atoms with Crippen molar-refractivity contribution in [2.75, 3.05) is 44.3 Å². The van der Waals surface area contributed by atoms with E-state index in [9.17, 15) is 39.6 Å². The van der Waals surface area contributed by atoms with Gasteiger partial charge < -0.3 is 14.4 Å². The Morgan fingerprint density at radius 2 is 1.40 bits per heavy atom. The highest BCUT2D eigenvalue weighted by atomic mass is 32.2. The van der Waals surface area contributed by atoms with Crippen LogP contribution in [0.25, 0.3) is 5.69 Å². The van der Waals surface area contributed by atoms with Gasteiger partial charge in [-0.05, 0) is 29.8 Å². The number of aromatic nitrogens is 2. The second-order valence-electron chi connectivity index (χ2n) is 10.5. The maximum absolute atomic E-state index is 13.7. The average molecular weight is 715 g/mol. The van der Waals surface area contributed by atoms with Gasteiger partial charge in [0.2, 0.25) is 10.0 Å². The van der Waals surface area contributed by atoms with Crippen molar-refractivity contribution in [2.24, 2.45) is 0 Å². The van der Waals surface area contributed by atoms with Crippen molar-refractivity contribution in [3.8, 4) is 17.2 Å². The number of alkyl halides is 6. The van der Waals surface area contributed by atoms with Crippen LogP contribution in [0.5, 0.6) is 11.5 Å². The summed E-state index contributed by atoms with van der Waals surface area (Å²) in [6.45, 7) is -3.76. The molecule has 9 nitrogen and oxygen atoms in total. The number of piperazine rings is 1. The summed E-state index contributed by atoms with van der Waals surface area (Å²) in [6, 6.07) is 20.7. The minimum Gasteiger partial charge on any atom is -0.484 e. The molecule has 0 aliphatic carbocycles. The minimum absolute atomic E-state index is 0.0671. The van der Waals surface area contributed by atoms with Crippen molar-refractivity contribution in [3.05, 3.63) is 101 Å². The monoisotopic (exact) mass is 714 g/mol. The third-order valence-corrected chi connectivity index (χ3v) is 10.1. The molecule has 0 bridgehead atoms. The molecule has 17 heteroatoms. The molecule has 48 heavy (non-hydrogen) atoms. The van der Waals surface area contributed by atoms with Gasteiger partial charge >= 0.3 is 12.4 Å². The van der Waals surface area contributed by atoms with E-state index in [1.54, 1.807) is 35.2 Å². The molecule has 1 saturated heterocycles. The molecule has 0 radical (unpaired) electrons. The topological polar surface area (TPSA) is 94.0 Å². The first-order chi connectivity index (χ1) is 22.7. The van der Waals surface area contributed by atoms with E-state index in [0.717, 1.165) is 22.0 Å². The van der Waals surface area contributed by atoms with Crippen molar-refractivity contribution in [2.45, 2.75) is 27.9 Å². The summed E-state index contributed by atoms with van der Waals surface area (Å²) in [7, 11) is -4.58. The van der Waals surface area contributed by atoms with Gasteiger partial charge in [-0.2, -0.15) is 40.4 Å². The fourth-order valence-electron chi connectivity index (χ4n) is 4.81. The second kappa shape index (κ2) is 14.5. The van der Waals surface area contributed by atoms with Crippen LogP contribution < -0.4 is 19.9 Å². The van der Waals surface area contributed by atoms with Gasteiger partial charge in [0.1, 0.15) is 21.3 Å². The largest absolute Gasteiger partial charge is 0.484 e. The zero-order valence-electron chi connectivity index (χ0n) is 24.9. The highest BCUT2D eigenvalue weighted by Gasteiger charge is 2.35. The average Bonchev–Trinajstić information content (AvgIpc) is 3.06. The first-order valence-corrected chi connectivity index (χ1v) is 16.8. The molecule has 0 unspecified atom stereocenters. The molecule has 1 fully saturated rings. The van der Waals surface area contributed by atoms with E-state index in [-0.39, 0.29) is 31.7 Å². The van der Waals surface area contributed by atoms with Crippen LogP contribution in [0.1, 0.15) is 5.56 Å². The summed E-state index contributed by atoms with van der Waals surface area (Å²) >= 11 is 1.30. The lowest BCUT2D eigenvalue weighted by Crippen LogP contribution is -2.49. The molecule has 3 aromatic carbocycles. The molecule has 2 heterocycles. The number of hydrogen-bond acceptors (Lipinski definition) is 8. The second-order valence-corrected chi connectivity index (χ2v) is 13.4. The summed E-state index contributed by atoms with van der Waals surface area (Å²) in [5.41, 5.74) is 1.62. The molecule has 1 aromatic heterocycles. The number of halogens is 6. The number of anilines is 1. The smallest absolute Gasteiger partial charge is 0.422 e. The standard InChI is InChI=1S/C31H28F6N4O5S2/c32-30(33,34)20-45-24-11-12-26(46-21-31(35,36)37)27(17-24)48(43,44)40-15-13-39(14-16-40)25-18-38-41(23-9-5-2-6-10-23)29(42)28(25)47-19-22-7-3-1-4-8-22/h1-12,17-18H,13-16,19-21H2. The highest BCUT2D eigenvalue weighted by Crippen LogP contribution is 2.35. The van der Waals surface area contributed by atoms with Crippen LogP contribution in [0.3, 0.4) is 0 Å². The van der Waals surface area contributed by atoms with Crippen molar-refractivity contribution < 1.29 is 44.2 Å².